The zero-order valence-corrected chi connectivity index (χ0v) is 12.1. The van der Waals surface area contributed by atoms with Crippen LogP contribution in [0.2, 0.25) is 0 Å². The van der Waals surface area contributed by atoms with E-state index in [1.807, 2.05) is 45.0 Å². The number of nitrogens with one attached hydrogen (secondary N) is 2. The van der Waals surface area contributed by atoms with E-state index in [0.29, 0.717) is 0 Å². The third-order valence-electron chi connectivity index (χ3n) is 3.19. The van der Waals surface area contributed by atoms with Crippen molar-refractivity contribution in [1.29, 1.82) is 0 Å². The van der Waals surface area contributed by atoms with Gasteiger partial charge in [0.1, 0.15) is 5.76 Å². The molecule has 2 N–H and O–H groups in total. The number of furan rings is 1. The first kappa shape index (κ1) is 14.3. The minimum Gasteiger partial charge on any atom is -0.468 e. The van der Waals surface area contributed by atoms with E-state index in [9.17, 15) is 4.79 Å². The number of carbonyl (C=O) groups is 1. The summed E-state index contributed by atoms with van der Waals surface area (Å²) in [7, 11) is 0. The van der Waals surface area contributed by atoms with Crippen LogP contribution >= 0.6 is 0 Å². The highest BCUT2D eigenvalue weighted by atomic mass is 16.3. The van der Waals surface area contributed by atoms with Gasteiger partial charge in [-0.25, -0.2) is 0 Å². The minimum absolute atomic E-state index is 0.00913. The van der Waals surface area contributed by atoms with Crippen molar-refractivity contribution in [1.82, 2.24) is 5.32 Å². The van der Waals surface area contributed by atoms with Gasteiger partial charge in [-0.05, 0) is 44.5 Å². The monoisotopic (exact) mass is 272 g/mol. The predicted octanol–water partition coefficient (Wildman–Crippen LogP) is 3.19. The maximum Gasteiger partial charge on any atom is 0.238 e. The molecule has 0 fully saturated rings. The number of amides is 1. The molecule has 4 heteroatoms. The smallest absolute Gasteiger partial charge is 0.238 e. The molecule has 0 saturated carbocycles. The molecule has 1 amide bonds. The summed E-state index contributed by atoms with van der Waals surface area (Å²) in [5.74, 6) is 0.764. The van der Waals surface area contributed by atoms with Crippen LogP contribution in [0, 0.1) is 13.8 Å². The van der Waals surface area contributed by atoms with Gasteiger partial charge in [0.05, 0.1) is 18.8 Å². The van der Waals surface area contributed by atoms with Crippen LogP contribution in [0.5, 0.6) is 0 Å². The van der Waals surface area contributed by atoms with E-state index in [4.69, 9.17) is 4.42 Å². The Morgan fingerprint density at radius 2 is 2.10 bits per heavy atom. The van der Waals surface area contributed by atoms with Crippen molar-refractivity contribution >= 4 is 11.6 Å². The van der Waals surface area contributed by atoms with E-state index in [2.05, 4.69) is 16.7 Å². The van der Waals surface area contributed by atoms with Gasteiger partial charge in [0.25, 0.3) is 0 Å². The molecule has 106 valence electrons. The van der Waals surface area contributed by atoms with E-state index in [-0.39, 0.29) is 18.5 Å². The van der Waals surface area contributed by atoms with Gasteiger partial charge in [-0.2, -0.15) is 0 Å². The molecule has 1 heterocycles. The van der Waals surface area contributed by atoms with Crippen LogP contribution in [-0.4, -0.2) is 12.5 Å². The standard InChI is InChI=1S/C16H20N2O2/c1-11-6-7-14(12(2)9-11)18-16(19)10-17-13(3)15-5-4-8-20-15/h4-9,13,17H,10H2,1-3H3,(H,18,19)/t13-/m1/s1. The molecule has 0 radical (unpaired) electrons. The second kappa shape index (κ2) is 6.39. The molecule has 0 aliphatic rings. The highest BCUT2D eigenvalue weighted by molar-refractivity contribution is 5.93. The first-order chi connectivity index (χ1) is 9.56. The Kier molecular flexibility index (Phi) is 4.58. The molecule has 0 saturated heterocycles. The molecule has 2 rings (SSSR count). The normalized spacial score (nSPS) is 12.2. The van der Waals surface area contributed by atoms with Crippen LogP contribution in [-0.2, 0) is 4.79 Å². The SMILES string of the molecule is Cc1ccc(NC(=O)CN[C@H](C)c2ccco2)c(C)c1. The summed E-state index contributed by atoms with van der Waals surface area (Å²) >= 11 is 0. The van der Waals surface area contributed by atoms with Crippen LogP contribution in [0.25, 0.3) is 0 Å². The average molecular weight is 272 g/mol. The number of aryl methyl sites for hydroxylation is 2. The highest BCUT2D eigenvalue weighted by Crippen LogP contribution is 2.16. The van der Waals surface area contributed by atoms with Gasteiger partial charge >= 0.3 is 0 Å². The highest BCUT2D eigenvalue weighted by Gasteiger charge is 2.10. The molecule has 0 spiro atoms. The Morgan fingerprint density at radius 1 is 1.30 bits per heavy atom. The number of rotatable bonds is 5. The number of hydrogen-bond acceptors (Lipinski definition) is 3. The minimum atomic E-state index is -0.0599. The van der Waals surface area contributed by atoms with Crippen molar-refractivity contribution in [2.75, 3.05) is 11.9 Å². The van der Waals surface area contributed by atoms with Crippen LogP contribution in [0.3, 0.4) is 0 Å². The number of carbonyl (C=O) groups excluding carboxylic acids is 1. The van der Waals surface area contributed by atoms with Gasteiger partial charge in [0.15, 0.2) is 0 Å². The molecule has 0 bridgehead atoms. The second-order valence-corrected chi connectivity index (χ2v) is 4.98. The third-order valence-corrected chi connectivity index (χ3v) is 3.19. The van der Waals surface area contributed by atoms with Gasteiger partial charge in [0.2, 0.25) is 5.91 Å². The van der Waals surface area contributed by atoms with Crippen LogP contribution in [0.15, 0.2) is 41.0 Å². The molecular formula is C16H20N2O2. The first-order valence-corrected chi connectivity index (χ1v) is 6.70. The van der Waals surface area contributed by atoms with Gasteiger partial charge < -0.3 is 9.73 Å². The molecule has 1 atom stereocenters. The molecule has 0 aliphatic heterocycles. The zero-order valence-electron chi connectivity index (χ0n) is 12.1. The summed E-state index contributed by atoms with van der Waals surface area (Å²) in [4.78, 5) is 11.9. The van der Waals surface area contributed by atoms with Crippen LogP contribution in [0.1, 0.15) is 29.9 Å². The molecule has 1 aromatic carbocycles. The van der Waals surface area contributed by atoms with Crippen LogP contribution < -0.4 is 10.6 Å². The predicted molar refractivity (Wildman–Crippen MR) is 79.7 cm³/mol. The van der Waals surface area contributed by atoms with Crippen molar-refractivity contribution in [2.24, 2.45) is 0 Å². The lowest BCUT2D eigenvalue weighted by Gasteiger charge is -2.12. The summed E-state index contributed by atoms with van der Waals surface area (Å²) in [6.45, 7) is 6.23. The molecule has 20 heavy (non-hydrogen) atoms. The summed E-state index contributed by atoms with van der Waals surface area (Å²) in [5, 5.41) is 6.04. The first-order valence-electron chi connectivity index (χ1n) is 6.70. The van der Waals surface area contributed by atoms with Gasteiger partial charge in [-0.1, -0.05) is 17.7 Å². The fourth-order valence-corrected chi connectivity index (χ4v) is 2.03. The lowest BCUT2D eigenvalue weighted by molar-refractivity contribution is -0.115. The summed E-state index contributed by atoms with van der Waals surface area (Å²) in [6.07, 6.45) is 1.63. The van der Waals surface area contributed by atoms with Crippen molar-refractivity contribution in [3.8, 4) is 0 Å². The zero-order chi connectivity index (χ0) is 14.5. The van der Waals surface area contributed by atoms with E-state index < -0.39 is 0 Å². The maximum absolute atomic E-state index is 11.9. The maximum atomic E-state index is 11.9. The Bertz CT molecular complexity index is 576. The molecule has 2 aromatic rings. The molecule has 0 unspecified atom stereocenters. The van der Waals surface area contributed by atoms with Crippen molar-refractivity contribution in [3.63, 3.8) is 0 Å². The average Bonchev–Trinajstić information content (AvgIpc) is 2.93. The summed E-state index contributed by atoms with van der Waals surface area (Å²) in [5.41, 5.74) is 3.11. The van der Waals surface area contributed by atoms with E-state index in [1.54, 1.807) is 6.26 Å². The molecular weight excluding hydrogens is 252 g/mol. The van der Waals surface area contributed by atoms with E-state index >= 15 is 0 Å². The quantitative estimate of drug-likeness (QED) is 0.879. The largest absolute Gasteiger partial charge is 0.468 e. The van der Waals surface area contributed by atoms with Gasteiger partial charge in [0, 0.05) is 5.69 Å². The summed E-state index contributed by atoms with van der Waals surface area (Å²) < 4.78 is 5.28. The Hall–Kier alpha value is -2.07. The molecule has 0 aliphatic carbocycles. The molecule has 4 nitrogen and oxygen atoms in total. The Morgan fingerprint density at radius 3 is 2.75 bits per heavy atom. The molecule has 1 aromatic heterocycles. The van der Waals surface area contributed by atoms with Crippen molar-refractivity contribution < 1.29 is 9.21 Å². The van der Waals surface area contributed by atoms with E-state index in [1.165, 1.54) is 5.56 Å². The fourth-order valence-electron chi connectivity index (χ4n) is 2.03. The lowest BCUT2D eigenvalue weighted by Crippen LogP contribution is -2.30. The Balaban J connectivity index is 1.86. The second-order valence-electron chi connectivity index (χ2n) is 4.98. The Labute approximate surface area is 119 Å². The van der Waals surface area contributed by atoms with Crippen molar-refractivity contribution in [3.05, 3.63) is 53.5 Å². The number of anilines is 1. The third kappa shape index (κ3) is 3.71. The number of benzene rings is 1. The van der Waals surface area contributed by atoms with Gasteiger partial charge in [-0.15, -0.1) is 0 Å². The van der Waals surface area contributed by atoms with Gasteiger partial charge in [-0.3, -0.25) is 10.1 Å². The fraction of sp³-hybridized carbons (Fsp3) is 0.312. The van der Waals surface area contributed by atoms with Crippen molar-refractivity contribution in [2.45, 2.75) is 26.8 Å². The summed E-state index contributed by atoms with van der Waals surface area (Å²) in [6, 6.07) is 9.70. The topological polar surface area (TPSA) is 54.3 Å². The van der Waals surface area contributed by atoms with Crippen LogP contribution in [0.4, 0.5) is 5.69 Å². The number of hydrogen-bond donors (Lipinski definition) is 2. The lowest BCUT2D eigenvalue weighted by atomic mass is 10.1. The van der Waals surface area contributed by atoms with E-state index in [0.717, 1.165) is 17.0 Å².